The van der Waals surface area contributed by atoms with Gasteiger partial charge in [0.05, 0.1) is 11.5 Å². The Hall–Kier alpha value is -1.24. The summed E-state index contributed by atoms with van der Waals surface area (Å²) in [7, 11) is -3.13. The van der Waals surface area contributed by atoms with Crippen molar-refractivity contribution in [2.75, 3.05) is 12.9 Å². The van der Waals surface area contributed by atoms with Gasteiger partial charge in [-0.2, -0.15) is 0 Å². The molecule has 5 nitrogen and oxygen atoms in total. The molecule has 0 spiro atoms. The van der Waals surface area contributed by atoms with Crippen LogP contribution in [0.25, 0.3) is 0 Å². The number of hydrogen-bond donors (Lipinski definition) is 2. The molecule has 0 bridgehead atoms. The second-order valence-electron chi connectivity index (χ2n) is 3.56. The molecule has 1 rings (SSSR count). The summed E-state index contributed by atoms with van der Waals surface area (Å²) in [6, 6.07) is 6.23. The van der Waals surface area contributed by atoms with Gasteiger partial charge in [-0.25, -0.2) is 8.42 Å². The quantitative estimate of drug-likeness (QED) is 0.778. The number of benzene rings is 1. The van der Waals surface area contributed by atoms with Gasteiger partial charge in [0.25, 0.3) is 0 Å². The third-order valence-corrected chi connectivity index (χ3v) is 3.21. The number of aliphatic hydroxyl groups excluding tert-OH is 1. The molecule has 17 heavy (non-hydrogen) atoms. The van der Waals surface area contributed by atoms with E-state index < -0.39 is 9.84 Å². The molecule has 0 aliphatic carbocycles. The van der Waals surface area contributed by atoms with Gasteiger partial charge in [-0.05, 0) is 24.1 Å². The molecular formula is C11H17NO4S. The fraction of sp³-hybridized carbons (Fsp3) is 0.364. The molecule has 96 valence electrons. The lowest BCUT2D eigenvalue weighted by atomic mass is 10.1. The van der Waals surface area contributed by atoms with Gasteiger partial charge in [0.2, 0.25) is 0 Å². The Labute approximate surface area is 101 Å². The third-order valence-electron chi connectivity index (χ3n) is 2.08. The minimum absolute atomic E-state index is 0.0756. The van der Waals surface area contributed by atoms with Crippen molar-refractivity contribution in [2.45, 2.75) is 17.4 Å². The van der Waals surface area contributed by atoms with Gasteiger partial charge < -0.3 is 15.6 Å². The SMILES string of the molecule is C=O.CS(=O)(=O)c1ccc(C[C@H](N)CO)cc1. The minimum atomic E-state index is -3.13. The topological polar surface area (TPSA) is 97.5 Å². The highest BCUT2D eigenvalue weighted by molar-refractivity contribution is 7.90. The molecule has 6 heteroatoms. The maximum absolute atomic E-state index is 11.2. The Kier molecular flexibility index (Phi) is 6.64. The van der Waals surface area contributed by atoms with Gasteiger partial charge >= 0.3 is 0 Å². The van der Waals surface area contributed by atoms with Crippen LogP contribution in [0.2, 0.25) is 0 Å². The van der Waals surface area contributed by atoms with E-state index in [1.54, 1.807) is 24.3 Å². The first kappa shape index (κ1) is 15.8. The van der Waals surface area contributed by atoms with E-state index in [1.807, 2.05) is 6.79 Å². The van der Waals surface area contributed by atoms with Crippen LogP contribution in [0.4, 0.5) is 0 Å². The summed E-state index contributed by atoms with van der Waals surface area (Å²) in [5.74, 6) is 0. The van der Waals surface area contributed by atoms with Crippen LogP contribution in [-0.2, 0) is 21.1 Å². The third kappa shape index (κ3) is 5.58. The van der Waals surface area contributed by atoms with Crippen LogP contribution in [0.1, 0.15) is 5.56 Å². The van der Waals surface area contributed by atoms with Gasteiger partial charge in [-0.15, -0.1) is 0 Å². The Morgan fingerprint density at radius 2 is 1.76 bits per heavy atom. The maximum Gasteiger partial charge on any atom is 0.175 e. The first-order valence-corrected chi connectivity index (χ1v) is 6.77. The van der Waals surface area contributed by atoms with Gasteiger partial charge in [0.15, 0.2) is 9.84 Å². The van der Waals surface area contributed by atoms with Gasteiger partial charge in [-0.3, -0.25) is 0 Å². The fourth-order valence-corrected chi connectivity index (χ4v) is 1.87. The molecule has 0 radical (unpaired) electrons. The Morgan fingerprint density at radius 1 is 1.29 bits per heavy atom. The van der Waals surface area contributed by atoms with E-state index >= 15 is 0 Å². The van der Waals surface area contributed by atoms with Crippen LogP contribution in [0, 0.1) is 0 Å². The molecule has 0 fully saturated rings. The lowest BCUT2D eigenvalue weighted by Gasteiger charge is -2.08. The molecule has 0 unspecified atom stereocenters. The molecule has 0 saturated heterocycles. The van der Waals surface area contributed by atoms with Crippen molar-refractivity contribution in [3.63, 3.8) is 0 Å². The highest BCUT2D eigenvalue weighted by Gasteiger charge is 2.07. The summed E-state index contributed by atoms with van der Waals surface area (Å²) in [4.78, 5) is 8.30. The van der Waals surface area contributed by atoms with Gasteiger partial charge in [-0.1, -0.05) is 12.1 Å². The monoisotopic (exact) mass is 259 g/mol. The number of rotatable bonds is 4. The van der Waals surface area contributed by atoms with Crippen molar-refractivity contribution in [2.24, 2.45) is 5.73 Å². The highest BCUT2D eigenvalue weighted by atomic mass is 32.2. The van der Waals surface area contributed by atoms with E-state index in [0.29, 0.717) is 11.3 Å². The van der Waals surface area contributed by atoms with Gasteiger partial charge in [0.1, 0.15) is 6.79 Å². The van der Waals surface area contributed by atoms with Crippen LogP contribution >= 0.6 is 0 Å². The molecule has 1 aromatic carbocycles. The molecule has 0 amide bonds. The minimum Gasteiger partial charge on any atom is -0.395 e. The average molecular weight is 259 g/mol. The van der Waals surface area contributed by atoms with Crippen molar-refractivity contribution in [3.05, 3.63) is 29.8 Å². The molecule has 1 atom stereocenters. The lowest BCUT2D eigenvalue weighted by Crippen LogP contribution is -2.26. The highest BCUT2D eigenvalue weighted by Crippen LogP contribution is 2.11. The average Bonchev–Trinajstić information content (AvgIpc) is 2.31. The number of aliphatic hydroxyl groups is 1. The second-order valence-corrected chi connectivity index (χ2v) is 5.58. The van der Waals surface area contributed by atoms with Crippen LogP contribution in [0.5, 0.6) is 0 Å². The maximum atomic E-state index is 11.2. The van der Waals surface area contributed by atoms with E-state index in [2.05, 4.69) is 0 Å². The van der Waals surface area contributed by atoms with Crippen molar-refractivity contribution < 1.29 is 18.3 Å². The van der Waals surface area contributed by atoms with Crippen molar-refractivity contribution in [3.8, 4) is 0 Å². The summed E-state index contributed by atoms with van der Waals surface area (Å²) in [5, 5.41) is 8.76. The first-order chi connectivity index (χ1) is 7.93. The zero-order chi connectivity index (χ0) is 13.5. The molecule has 0 aliphatic heterocycles. The van der Waals surface area contributed by atoms with Crippen molar-refractivity contribution >= 4 is 16.6 Å². The second kappa shape index (κ2) is 7.16. The van der Waals surface area contributed by atoms with E-state index in [4.69, 9.17) is 15.6 Å². The number of carbonyl (C=O) groups is 1. The van der Waals surface area contributed by atoms with Crippen LogP contribution in [-0.4, -0.2) is 39.2 Å². The molecule has 0 saturated carbocycles. The largest absolute Gasteiger partial charge is 0.395 e. The number of nitrogens with two attached hydrogens (primary N) is 1. The van der Waals surface area contributed by atoms with Crippen LogP contribution < -0.4 is 5.73 Å². The summed E-state index contributed by atoms with van der Waals surface area (Å²) >= 11 is 0. The molecule has 3 N–H and O–H groups in total. The van der Waals surface area contributed by atoms with Crippen molar-refractivity contribution in [1.82, 2.24) is 0 Å². The lowest BCUT2D eigenvalue weighted by molar-refractivity contribution is -0.0979. The Morgan fingerprint density at radius 3 is 2.12 bits per heavy atom. The fourth-order valence-electron chi connectivity index (χ4n) is 1.24. The molecule has 0 heterocycles. The number of carbonyl (C=O) groups excluding carboxylic acids is 1. The summed E-state index contributed by atoms with van der Waals surface area (Å²) in [5.41, 5.74) is 6.48. The molecular weight excluding hydrogens is 242 g/mol. The molecule has 0 aromatic heterocycles. The van der Waals surface area contributed by atoms with E-state index in [1.165, 1.54) is 6.26 Å². The van der Waals surface area contributed by atoms with E-state index in [9.17, 15) is 8.42 Å². The first-order valence-electron chi connectivity index (χ1n) is 4.88. The van der Waals surface area contributed by atoms with Crippen molar-refractivity contribution in [1.29, 1.82) is 0 Å². The zero-order valence-electron chi connectivity index (χ0n) is 9.67. The smallest absolute Gasteiger partial charge is 0.175 e. The summed E-state index contributed by atoms with van der Waals surface area (Å²) in [6.45, 7) is 1.92. The predicted octanol–water partition coefficient (Wildman–Crippen LogP) is -0.233. The zero-order valence-corrected chi connectivity index (χ0v) is 10.5. The summed E-state index contributed by atoms with van der Waals surface area (Å²) in [6.07, 6.45) is 1.71. The number of sulfone groups is 1. The molecule has 1 aromatic rings. The van der Waals surface area contributed by atoms with Crippen LogP contribution in [0.3, 0.4) is 0 Å². The van der Waals surface area contributed by atoms with E-state index in [-0.39, 0.29) is 12.6 Å². The molecule has 0 aliphatic rings. The number of hydrogen-bond acceptors (Lipinski definition) is 5. The summed E-state index contributed by atoms with van der Waals surface area (Å²) < 4.78 is 22.3. The Balaban J connectivity index is 0.00000121. The van der Waals surface area contributed by atoms with E-state index in [0.717, 1.165) is 5.56 Å². The van der Waals surface area contributed by atoms with Crippen LogP contribution in [0.15, 0.2) is 29.2 Å². The van der Waals surface area contributed by atoms with Gasteiger partial charge in [0, 0.05) is 12.3 Å². The predicted molar refractivity (Wildman–Crippen MR) is 65.4 cm³/mol. The normalized spacial score (nSPS) is 12.4. The standard InChI is InChI=1S/C10H15NO3S.CH2O/c1-15(13,14)10-4-2-8(3-5-10)6-9(11)7-12;1-2/h2-5,9,12H,6-7,11H2,1H3;1H2/t9-;/m0./s1. The Bertz CT molecular complexity index is 427.